The highest BCUT2D eigenvalue weighted by Gasteiger charge is 2.03. The lowest BCUT2D eigenvalue weighted by atomic mass is 10.2. The number of nitrogens with zero attached hydrogens (tertiary/aromatic N) is 2. The number of aryl methyl sites for hydroxylation is 1. The van der Waals surface area contributed by atoms with Crippen LogP contribution in [0.25, 0.3) is 16.7 Å². The lowest BCUT2D eigenvalue weighted by Crippen LogP contribution is -1.82. The summed E-state index contributed by atoms with van der Waals surface area (Å²) in [4.78, 5) is 4.52. The van der Waals surface area contributed by atoms with Crippen molar-refractivity contribution in [2.75, 3.05) is 0 Å². The number of imidazole rings is 1. The number of fused-ring (bicyclic) bond motifs is 3. The summed E-state index contributed by atoms with van der Waals surface area (Å²) in [7, 11) is 0. The monoisotopic (exact) mass is 216 g/mol. The highest BCUT2D eigenvalue weighted by molar-refractivity contribution is 6.30. The molecule has 74 valence electrons. The maximum Gasteiger partial charge on any atom is 0.139 e. The number of pyridine rings is 1. The zero-order valence-electron chi connectivity index (χ0n) is 8.24. The van der Waals surface area contributed by atoms with Gasteiger partial charge in [0.15, 0.2) is 0 Å². The van der Waals surface area contributed by atoms with Gasteiger partial charge in [-0.25, -0.2) is 4.98 Å². The molecule has 0 aliphatic carbocycles. The van der Waals surface area contributed by atoms with E-state index in [1.54, 1.807) is 0 Å². The molecule has 0 saturated heterocycles. The Morgan fingerprint density at radius 1 is 1.20 bits per heavy atom. The zero-order valence-corrected chi connectivity index (χ0v) is 8.99. The topological polar surface area (TPSA) is 17.3 Å². The molecular weight excluding hydrogens is 208 g/mol. The average Bonchev–Trinajstić information content (AvgIpc) is 2.53. The Balaban J connectivity index is 2.51. The summed E-state index contributed by atoms with van der Waals surface area (Å²) in [6.07, 6.45) is 1.95. The van der Waals surface area contributed by atoms with Crippen LogP contribution in [0.4, 0.5) is 0 Å². The first-order chi connectivity index (χ1) is 7.24. The summed E-state index contributed by atoms with van der Waals surface area (Å²) in [6, 6.07) is 9.99. The number of rotatable bonds is 0. The summed E-state index contributed by atoms with van der Waals surface area (Å²) in [6.45, 7) is 2.07. The van der Waals surface area contributed by atoms with Crippen molar-refractivity contribution in [2.24, 2.45) is 0 Å². The van der Waals surface area contributed by atoms with Crippen molar-refractivity contribution in [2.45, 2.75) is 6.92 Å². The molecule has 0 spiro atoms. The van der Waals surface area contributed by atoms with Gasteiger partial charge in [-0.2, -0.15) is 0 Å². The largest absolute Gasteiger partial charge is 0.300 e. The molecule has 0 unspecified atom stereocenters. The maximum absolute atomic E-state index is 5.92. The van der Waals surface area contributed by atoms with Gasteiger partial charge in [0, 0.05) is 17.3 Å². The summed E-state index contributed by atoms with van der Waals surface area (Å²) < 4.78 is 2.04. The summed E-state index contributed by atoms with van der Waals surface area (Å²) >= 11 is 5.92. The molecule has 3 heteroatoms. The quantitative estimate of drug-likeness (QED) is 0.563. The van der Waals surface area contributed by atoms with Crippen LogP contribution in [-0.2, 0) is 0 Å². The fourth-order valence-corrected chi connectivity index (χ4v) is 1.96. The van der Waals surface area contributed by atoms with Gasteiger partial charge in [-0.05, 0) is 30.7 Å². The van der Waals surface area contributed by atoms with Gasteiger partial charge < -0.3 is 0 Å². The molecular formula is C12H9ClN2. The lowest BCUT2D eigenvalue weighted by molar-refractivity contribution is 1.23. The van der Waals surface area contributed by atoms with Crippen molar-refractivity contribution in [3.63, 3.8) is 0 Å². The van der Waals surface area contributed by atoms with Crippen LogP contribution < -0.4 is 0 Å². The molecule has 0 aliphatic rings. The summed E-state index contributed by atoms with van der Waals surface area (Å²) in [5.41, 5.74) is 4.24. The normalized spacial score (nSPS) is 11.3. The second-order valence-electron chi connectivity index (χ2n) is 3.68. The van der Waals surface area contributed by atoms with Crippen LogP contribution in [0.3, 0.4) is 0 Å². The first kappa shape index (κ1) is 8.74. The predicted octanol–water partition coefficient (Wildman–Crippen LogP) is 3.45. The third kappa shape index (κ3) is 1.29. The highest BCUT2D eigenvalue weighted by Crippen LogP contribution is 2.20. The van der Waals surface area contributed by atoms with Crippen LogP contribution in [-0.4, -0.2) is 9.38 Å². The Morgan fingerprint density at radius 3 is 2.93 bits per heavy atom. The Bertz CT molecular complexity index is 599. The minimum atomic E-state index is 0.717. The van der Waals surface area contributed by atoms with Crippen molar-refractivity contribution in [1.29, 1.82) is 0 Å². The number of hydrogen-bond acceptors (Lipinski definition) is 1. The van der Waals surface area contributed by atoms with Gasteiger partial charge >= 0.3 is 0 Å². The van der Waals surface area contributed by atoms with Gasteiger partial charge in [0.05, 0.1) is 11.0 Å². The molecule has 2 heterocycles. The molecule has 0 fully saturated rings. The van der Waals surface area contributed by atoms with Crippen LogP contribution in [0, 0.1) is 6.92 Å². The Hall–Kier alpha value is -1.54. The molecule has 0 atom stereocenters. The second kappa shape index (κ2) is 2.97. The first-order valence-electron chi connectivity index (χ1n) is 4.78. The van der Waals surface area contributed by atoms with Gasteiger partial charge in [-0.3, -0.25) is 4.40 Å². The third-order valence-electron chi connectivity index (χ3n) is 2.52. The molecule has 0 radical (unpaired) electrons. The standard InChI is InChI=1S/C12H9ClN2/c1-8-2-3-11-10(6-8)14-12-7-9(13)4-5-15(11)12/h2-7H,1H3. The van der Waals surface area contributed by atoms with E-state index >= 15 is 0 Å². The van der Waals surface area contributed by atoms with Gasteiger partial charge in [0.25, 0.3) is 0 Å². The van der Waals surface area contributed by atoms with Crippen molar-refractivity contribution in [3.8, 4) is 0 Å². The van der Waals surface area contributed by atoms with Gasteiger partial charge in [-0.15, -0.1) is 0 Å². The van der Waals surface area contributed by atoms with Crippen molar-refractivity contribution < 1.29 is 0 Å². The molecule has 0 saturated carbocycles. The number of aromatic nitrogens is 2. The van der Waals surface area contributed by atoms with E-state index in [4.69, 9.17) is 11.6 Å². The summed E-state index contributed by atoms with van der Waals surface area (Å²) in [5.74, 6) is 0. The van der Waals surface area contributed by atoms with E-state index < -0.39 is 0 Å². The van der Waals surface area contributed by atoms with E-state index in [-0.39, 0.29) is 0 Å². The van der Waals surface area contributed by atoms with Crippen LogP contribution in [0.1, 0.15) is 5.56 Å². The van der Waals surface area contributed by atoms with E-state index in [0.717, 1.165) is 21.7 Å². The molecule has 3 rings (SSSR count). The zero-order chi connectivity index (χ0) is 10.4. The molecule has 1 aromatic carbocycles. The Morgan fingerprint density at radius 2 is 2.07 bits per heavy atom. The summed E-state index contributed by atoms with van der Waals surface area (Å²) in [5, 5.41) is 0.717. The van der Waals surface area contributed by atoms with E-state index in [2.05, 4.69) is 30.1 Å². The molecule has 0 N–H and O–H groups in total. The van der Waals surface area contributed by atoms with Crippen molar-refractivity contribution in [3.05, 3.63) is 47.1 Å². The van der Waals surface area contributed by atoms with Crippen LogP contribution in [0.2, 0.25) is 5.02 Å². The third-order valence-corrected chi connectivity index (χ3v) is 2.76. The van der Waals surface area contributed by atoms with Crippen LogP contribution in [0.5, 0.6) is 0 Å². The highest BCUT2D eigenvalue weighted by atomic mass is 35.5. The van der Waals surface area contributed by atoms with E-state index in [1.165, 1.54) is 5.56 Å². The van der Waals surface area contributed by atoms with Gasteiger partial charge in [0.2, 0.25) is 0 Å². The van der Waals surface area contributed by atoms with Gasteiger partial charge in [0.1, 0.15) is 5.65 Å². The molecule has 0 aliphatic heterocycles. The number of benzene rings is 1. The van der Waals surface area contributed by atoms with Crippen LogP contribution >= 0.6 is 11.6 Å². The second-order valence-corrected chi connectivity index (χ2v) is 4.11. The Labute approximate surface area is 92.1 Å². The lowest BCUT2D eigenvalue weighted by Gasteiger charge is -1.95. The fraction of sp³-hybridized carbons (Fsp3) is 0.0833. The van der Waals surface area contributed by atoms with Crippen molar-refractivity contribution in [1.82, 2.24) is 9.38 Å². The number of hydrogen-bond donors (Lipinski definition) is 0. The minimum absolute atomic E-state index is 0.717. The molecule has 0 bridgehead atoms. The maximum atomic E-state index is 5.92. The smallest absolute Gasteiger partial charge is 0.139 e. The van der Waals surface area contributed by atoms with E-state index in [9.17, 15) is 0 Å². The van der Waals surface area contributed by atoms with E-state index in [0.29, 0.717) is 0 Å². The predicted molar refractivity (Wildman–Crippen MR) is 62.4 cm³/mol. The average molecular weight is 217 g/mol. The van der Waals surface area contributed by atoms with Crippen molar-refractivity contribution >= 4 is 28.3 Å². The van der Waals surface area contributed by atoms with Crippen LogP contribution in [0.15, 0.2) is 36.5 Å². The van der Waals surface area contributed by atoms with E-state index in [1.807, 2.05) is 22.7 Å². The Kier molecular flexibility index (Phi) is 1.73. The molecule has 2 aromatic heterocycles. The SMILES string of the molecule is Cc1ccc2c(c1)nc1cc(Cl)ccn12. The molecule has 2 nitrogen and oxygen atoms in total. The first-order valence-corrected chi connectivity index (χ1v) is 5.16. The molecule has 3 aromatic rings. The van der Waals surface area contributed by atoms with Gasteiger partial charge in [-0.1, -0.05) is 17.7 Å². The number of halogens is 1. The minimum Gasteiger partial charge on any atom is -0.300 e. The molecule has 0 amide bonds. The fourth-order valence-electron chi connectivity index (χ4n) is 1.80. The molecule has 15 heavy (non-hydrogen) atoms.